The molecule has 0 heterocycles. The highest BCUT2D eigenvalue weighted by molar-refractivity contribution is 5.66. The molecule has 3 heteroatoms. The molecule has 0 fully saturated rings. The molecule has 0 aromatic heterocycles. The van der Waals surface area contributed by atoms with Gasteiger partial charge in [-0.25, -0.2) is 0 Å². The summed E-state index contributed by atoms with van der Waals surface area (Å²) >= 11 is 0. The molecule has 23 heavy (non-hydrogen) atoms. The molecule has 0 radical (unpaired) electrons. The van der Waals surface area contributed by atoms with E-state index in [0.717, 1.165) is 12.2 Å². The van der Waals surface area contributed by atoms with Crippen molar-refractivity contribution in [2.24, 2.45) is 0 Å². The zero-order valence-corrected chi connectivity index (χ0v) is 14.6. The van der Waals surface area contributed by atoms with E-state index in [9.17, 15) is 4.79 Å². The average Bonchev–Trinajstić information content (AvgIpc) is 2.55. The number of aryl methyl sites for hydroxylation is 1. The van der Waals surface area contributed by atoms with Crippen LogP contribution >= 0.6 is 0 Å². The molecule has 1 rings (SSSR count). The van der Waals surface area contributed by atoms with E-state index in [1.165, 1.54) is 56.9 Å². The number of carboxylic acids is 1. The maximum Gasteiger partial charge on any atom is 0.303 e. The van der Waals surface area contributed by atoms with Crippen LogP contribution in [0.1, 0.15) is 76.7 Å². The summed E-state index contributed by atoms with van der Waals surface area (Å²) in [6.45, 7) is 2.72. The standard InChI is InChI=1S/C20H32O3/c1-2-3-4-5-6-7-8-9-11-18-13-15-19(16-14-18)23-17-10-12-20(21)22/h13-16H,2-12,17H2,1H3,(H,21,22). The van der Waals surface area contributed by atoms with Crippen molar-refractivity contribution in [2.75, 3.05) is 6.61 Å². The third-order valence-electron chi connectivity index (χ3n) is 4.05. The summed E-state index contributed by atoms with van der Waals surface area (Å²) in [4.78, 5) is 10.4. The van der Waals surface area contributed by atoms with Crippen molar-refractivity contribution in [3.63, 3.8) is 0 Å². The molecule has 1 N–H and O–H groups in total. The predicted molar refractivity (Wildman–Crippen MR) is 95.1 cm³/mol. The largest absolute Gasteiger partial charge is 0.494 e. The number of benzene rings is 1. The van der Waals surface area contributed by atoms with Gasteiger partial charge in [-0.1, -0.05) is 64.0 Å². The van der Waals surface area contributed by atoms with Gasteiger partial charge in [0, 0.05) is 6.42 Å². The summed E-state index contributed by atoms with van der Waals surface area (Å²) < 4.78 is 5.54. The summed E-state index contributed by atoms with van der Waals surface area (Å²) in [7, 11) is 0. The minimum absolute atomic E-state index is 0.163. The second-order valence-electron chi connectivity index (χ2n) is 6.21. The highest BCUT2D eigenvalue weighted by Crippen LogP contribution is 2.15. The first-order chi connectivity index (χ1) is 11.2. The van der Waals surface area contributed by atoms with Gasteiger partial charge in [0.2, 0.25) is 0 Å². The molecule has 1 aromatic rings. The van der Waals surface area contributed by atoms with Crippen LogP contribution < -0.4 is 4.74 Å². The van der Waals surface area contributed by atoms with Gasteiger partial charge in [0.1, 0.15) is 5.75 Å². The lowest BCUT2D eigenvalue weighted by Crippen LogP contribution is -2.02. The van der Waals surface area contributed by atoms with Crippen LogP contribution in [-0.4, -0.2) is 17.7 Å². The zero-order chi connectivity index (χ0) is 16.8. The highest BCUT2D eigenvalue weighted by Gasteiger charge is 1.99. The van der Waals surface area contributed by atoms with E-state index >= 15 is 0 Å². The SMILES string of the molecule is CCCCCCCCCCc1ccc(OCCCC(=O)O)cc1. The zero-order valence-electron chi connectivity index (χ0n) is 14.6. The van der Waals surface area contributed by atoms with Crippen LogP contribution in [0.15, 0.2) is 24.3 Å². The van der Waals surface area contributed by atoms with Gasteiger partial charge in [0.05, 0.1) is 6.61 Å². The number of rotatable bonds is 14. The lowest BCUT2D eigenvalue weighted by atomic mass is 10.0. The van der Waals surface area contributed by atoms with Crippen LogP contribution in [0.4, 0.5) is 0 Å². The maximum atomic E-state index is 10.4. The molecule has 0 saturated carbocycles. The normalized spacial score (nSPS) is 10.7. The Balaban J connectivity index is 2.06. The van der Waals surface area contributed by atoms with Crippen molar-refractivity contribution >= 4 is 5.97 Å². The lowest BCUT2D eigenvalue weighted by Gasteiger charge is -2.07. The fourth-order valence-electron chi connectivity index (χ4n) is 2.63. The number of aliphatic carboxylic acids is 1. The molecule has 0 aliphatic heterocycles. The summed E-state index contributed by atoms with van der Waals surface area (Å²) in [5, 5.41) is 8.57. The molecule has 0 aliphatic carbocycles. The molecule has 0 unspecified atom stereocenters. The molecule has 1 aromatic carbocycles. The van der Waals surface area contributed by atoms with E-state index in [1.54, 1.807) is 0 Å². The third kappa shape index (κ3) is 10.8. The third-order valence-corrected chi connectivity index (χ3v) is 4.05. The molecule has 130 valence electrons. The molecular formula is C20H32O3. The minimum Gasteiger partial charge on any atom is -0.494 e. The summed E-state index contributed by atoms with van der Waals surface area (Å²) in [5.41, 5.74) is 1.36. The average molecular weight is 320 g/mol. The fourth-order valence-corrected chi connectivity index (χ4v) is 2.63. The molecule has 0 aliphatic rings. The number of hydrogen-bond donors (Lipinski definition) is 1. The Labute approximate surface area is 141 Å². The minimum atomic E-state index is -0.769. The first-order valence-corrected chi connectivity index (χ1v) is 9.16. The first-order valence-electron chi connectivity index (χ1n) is 9.16. The Morgan fingerprint density at radius 1 is 0.913 bits per heavy atom. The quantitative estimate of drug-likeness (QED) is 0.453. The van der Waals surface area contributed by atoms with E-state index < -0.39 is 5.97 Å². The fraction of sp³-hybridized carbons (Fsp3) is 0.650. The predicted octanol–water partition coefficient (Wildman–Crippen LogP) is 5.61. The van der Waals surface area contributed by atoms with Crippen molar-refractivity contribution in [1.29, 1.82) is 0 Å². The van der Waals surface area contributed by atoms with E-state index in [-0.39, 0.29) is 6.42 Å². The van der Waals surface area contributed by atoms with Gasteiger partial charge in [-0.15, -0.1) is 0 Å². The lowest BCUT2D eigenvalue weighted by molar-refractivity contribution is -0.137. The van der Waals surface area contributed by atoms with Gasteiger partial charge in [0.15, 0.2) is 0 Å². The number of carboxylic acid groups (broad SMARTS) is 1. The smallest absolute Gasteiger partial charge is 0.303 e. The topological polar surface area (TPSA) is 46.5 Å². The monoisotopic (exact) mass is 320 g/mol. The van der Waals surface area contributed by atoms with Crippen LogP contribution in [0, 0.1) is 0 Å². The van der Waals surface area contributed by atoms with Gasteiger partial charge in [-0.2, -0.15) is 0 Å². The number of carbonyl (C=O) groups is 1. The van der Waals surface area contributed by atoms with E-state index in [1.807, 2.05) is 12.1 Å². The van der Waals surface area contributed by atoms with Crippen molar-refractivity contribution in [1.82, 2.24) is 0 Å². The Morgan fingerprint density at radius 2 is 1.52 bits per heavy atom. The van der Waals surface area contributed by atoms with Gasteiger partial charge in [-0.3, -0.25) is 4.79 Å². The molecule has 0 atom stereocenters. The Bertz CT molecular complexity index is 411. The summed E-state index contributed by atoms with van der Waals surface area (Å²) in [5.74, 6) is 0.0596. The van der Waals surface area contributed by atoms with Crippen molar-refractivity contribution in [2.45, 2.75) is 77.6 Å². The van der Waals surface area contributed by atoms with Crippen LogP contribution in [-0.2, 0) is 11.2 Å². The van der Waals surface area contributed by atoms with E-state index in [2.05, 4.69) is 19.1 Å². The van der Waals surface area contributed by atoms with Crippen LogP contribution in [0.25, 0.3) is 0 Å². The van der Waals surface area contributed by atoms with Gasteiger partial charge in [0.25, 0.3) is 0 Å². The van der Waals surface area contributed by atoms with Crippen LogP contribution in [0.2, 0.25) is 0 Å². The molecule has 0 spiro atoms. The second-order valence-corrected chi connectivity index (χ2v) is 6.21. The van der Waals surface area contributed by atoms with Crippen molar-refractivity contribution < 1.29 is 14.6 Å². The maximum absolute atomic E-state index is 10.4. The molecule has 3 nitrogen and oxygen atoms in total. The molecule has 0 bridgehead atoms. The number of unbranched alkanes of at least 4 members (excludes halogenated alkanes) is 7. The Hall–Kier alpha value is -1.51. The number of ether oxygens (including phenoxy) is 1. The van der Waals surface area contributed by atoms with Crippen molar-refractivity contribution in [3.8, 4) is 5.75 Å². The van der Waals surface area contributed by atoms with Crippen LogP contribution in [0.3, 0.4) is 0 Å². The summed E-state index contributed by atoms with van der Waals surface area (Å²) in [6, 6.07) is 8.21. The number of hydrogen-bond acceptors (Lipinski definition) is 2. The van der Waals surface area contributed by atoms with Gasteiger partial charge >= 0.3 is 5.97 Å². The highest BCUT2D eigenvalue weighted by atomic mass is 16.5. The van der Waals surface area contributed by atoms with E-state index in [0.29, 0.717) is 13.0 Å². The molecule has 0 amide bonds. The Kier molecular flexibility index (Phi) is 11.0. The first kappa shape index (κ1) is 19.5. The van der Waals surface area contributed by atoms with Crippen LogP contribution in [0.5, 0.6) is 5.75 Å². The second kappa shape index (κ2) is 13.0. The molecule has 0 saturated heterocycles. The Morgan fingerprint density at radius 3 is 2.13 bits per heavy atom. The summed E-state index contributed by atoms with van der Waals surface area (Å²) in [6.07, 6.45) is 12.6. The molecular weight excluding hydrogens is 288 g/mol. The van der Waals surface area contributed by atoms with E-state index in [4.69, 9.17) is 9.84 Å². The van der Waals surface area contributed by atoms with Gasteiger partial charge < -0.3 is 9.84 Å². The van der Waals surface area contributed by atoms with Crippen molar-refractivity contribution in [3.05, 3.63) is 29.8 Å². The van der Waals surface area contributed by atoms with Gasteiger partial charge in [-0.05, 0) is 37.0 Å².